The Morgan fingerprint density at radius 2 is 1.65 bits per heavy atom. The van der Waals surface area contributed by atoms with Crippen LogP contribution in [-0.4, -0.2) is 120 Å². The number of hydrogen-bond donors (Lipinski definition) is 2. The Balaban J connectivity index is 1.12. The third-order valence-corrected chi connectivity index (χ3v) is 10.3. The lowest BCUT2D eigenvalue weighted by atomic mass is 10.0. The van der Waals surface area contributed by atoms with E-state index in [4.69, 9.17) is 21.1 Å². The zero-order valence-corrected chi connectivity index (χ0v) is 27.8. The van der Waals surface area contributed by atoms with Gasteiger partial charge in [-0.3, -0.25) is 9.69 Å². The van der Waals surface area contributed by atoms with Crippen LogP contribution < -0.4 is 5.32 Å². The van der Waals surface area contributed by atoms with Crippen LogP contribution >= 0.6 is 11.6 Å². The highest BCUT2D eigenvalue weighted by molar-refractivity contribution is 6.32. The number of carbonyl (C=O) groups is 3. The summed E-state index contributed by atoms with van der Waals surface area (Å²) >= 11 is 5.97. The number of hydrogen-bond acceptors (Lipinski definition) is 7. The van der Waals surface area contributed by atoms with Crippen LogP contribution in [0.4, 0.5) is 28.4 Å². The first-order valence-corrected chi connectivity index (χ1v) is 17.2. The number of benzene rings is 2. The molecule has 1 atom stereocenters. The van der Waals surface area contributed by atoms with Crippen molar-refractivity contribution in [3.63, 3.8) is 0 Å². The van der Waals surface area contributed by atoms with Crippen LogP contribution in [0.15, 0.2) is 36.4 Å². The maximum absolute atomic E-state index is 13.9. The SMILES string of the molecule is O=C(O[C@H](Cc1cc(Cl)c(O)c(C(F)(F)F)c1)C(=O)N1CCN(C2CCOCC2)CC1)N1CCC(N2CCc3ccccc3NC2=O)CC1. The Labute approximate surface area is 287 Å². The van der Waals surface area contributed by atoms with Crippen LogP contribution in [0.1, 0.15) is 42.4 Å². The number of phenolic OH excluding ortho intramolecular Hbond substituents is 1. The predicted octanol–water partition coefficient (Wildman–Crippen LogP) is 4.99. The first-order chi connectivity index (χ1) is 23.5. The molecule has 2 aromatic rings. The van der Waals surface area contributed by atoms with Crippen molar-refractivity contribution in [3.05, 3.63) is 58.1 Å². The number of urea groups is 1. The molecule has 0 saturated carbocycles. The molecule has 3 saturated heterocycles. The number of nitrogens with zero attached hydrogens (tertiary/aromatic N) is 4. The molecular weight excluding hydrogens is 667 g/mol. The summed E-state index contributed by atoms with van der Waals surface area (Å²) in [5.41, 5.74) is 0.501. The van der Waals surface area contributed by atoms with Gasteiger partial charge in [-0.05, 0) is 61.4 Å². The maximum Gasteiger partial charge on any atom is 0.420 e. The smallest absolute Gasteiger partial charge is 0.420 e. The molecule has 4 aliphatic rings. The molecule has 15 heteroatoms. The number of ether oxygens (including phenoxy) is 2. The summed E-state index contributed by atoms with van der Waals surface area (Å²) in [6.45, 7) is 4.43. The third kappa shape index (κ3) is 8.18. The Kier molecular flexibility index (Phi) is 10.8. The van der Waals surface area contributed by atoms with Crippen molar-refractivity contribution in [1.82, 2.24) is 19.6 Å². The van der Waals surface area contributed by atoms with Gasteiger partial charge < -0.3 is 34.6 Å². The average Bonchev–Trinajstić information content (AvgIpc) is 3.27. The van der Waals surface area contributed by atoms with Gasteiger partial charge in [-0.25, -0.2) is 9.59 Å². The normalized spacial score (nSPS) is 20.7. The van der Waals surface area contributed by atoms with Crippen LogP contribution in [0, 0.1) is 0 Å². The Bertz CT molecular complexity index is 1520. The van der Waals surface area contributed by atoms with Gasteiger partial charge in [0.1, 0.15) is 5.75 Å². The minimum Gasteiger partial charge on any atom is -0.506 e. The lowest BCUT2D eigenvalue weighted by molar-refractivity contribution is -0.143. The number of fused-ring (bicyclic) bond motifs is 1. The molecular formula is C34H41ClF3N5O6. The van der Waals surface area contributed by atoms with Gasteiger partial charge in [0.2, 0.25) is 0 Å². The van der Waals surface area contributed by atoms with Crippen molar-refractivity contribution >= 4 is 35.3 Å². The number of aromatic hydroxyl groups is 1. The highest BCUT2D eigenvalue weighted by atomic mass is 35.5. The number of carbonyl (C=O) groups excluding carboxylic acids is 3. The third-order valence-electron chi connectivity index (χ3n) is 10.0. The van der Waals surface area contributed by atoms with Gasteiger partial charge in [-0.15, -0.1) is 0 Å². The molecule has 0 spiro atoms. The standard InChI is InChI=1S/C34H41ClF3N5O6/c35-27-20-22(19-26(30(27)44)34(36,37)38)21-29(31(45)41-15-13-40(14-16-41)24-8-17-48-18-9-24)49-33(47)42-10-6-25(7-11-42)43-12-5-23-3-1-2-4-28(23)39-32(43)46/h1-4,19-20,24-25,29,44H,5-18,21H2,(H,39,46)/t29-/m1/s1. The minimum absolute atomic E-state index is 0.00556. The fraction of sp³-hybridized carbons (Fsp3) is 0.559. The number of halogens is 4. The molecule has 4 aliphatic heterocycles. The van der Waals surface area contributed by atoms with Crippen molar-refractivity contribution in [3.8, 4) is 5.75 Å². The molecule has 49 heavy (non-hydrogen) atoms. The maximum atomic E-state index is 13.9. The van der Waals surface area contributed by atoms with E-state index < -0.39 is 40.6 Å². The second-order valence-corrected chi connectivity index (χ2v) is 13.4. The largest absolute Gasteiger partial charge is 0.506 e. The summed E-state index contributed by atoms with van der Waals surface area (Å²) in [6, 6.07) is 9.60. The molecule has 11 nitrogen and oxygen atoms in total. The summed E-state index contributed by atoms with van der Waals surface area (Å²) < 4.78 is 52.3. The quantitative estimate of drug-likeness (QED) is 0.435. The molecule has 3 fully saturated rings. The molecule has 0 bridgehead atoms. The van der Waals surface area contributed by atoms with E-state index in [9.17, 15) is 32.7 Å². The van der Waals surface area contributed by atoms with Crippen molar-refractivity contribution in [1.29, 1.82) is 0 Å². The zero-order chi connectivity index (χ0) is 34.7. The summed E-state index contributed by atoms with van der Waals surface area (Å²) in [5.74, 6) is -1.61. The number of phenols is 1. The number of anilines is 1. The molecule has 0 unspecified atom stereocenters. The second kappa shape index (κ2) is 15.0. The van der Waals surface area contributed by atoms with E-state index in [0.717, 1.165) is 36.2 Å². The van der Waals surface area contributed by atoms with E-state index in [0.29, 0.717) is 71.2 Å². The fourth-order valence-corrected chi connectivity index (χ4v) is 7.48. The Morgan fingerprint density at radius 1 is 0.959 bits per heavy atom. The van der Waals surface area contributed by atoms with Gasteiger partial charge >= 0.3 is 18.3 Å². The van der Waals surface area contributed by atoms with E-state index in [1.165, 1.54) is 4.90 Å². The fourth-order valence-electron chi connectivity index (χ4n) is 7.24. The molecule has 4 heterocycles. The number of alkyl halides is 3. The van der Waals surface area contributed by atoms with Crippen LogP contribution in [0.3, 0.4) is 0 Å². The number of piperazine rings is 1. The lowest BCUT2D eigenvalue weighted by Crippen LogP contribution is -2.56. The van der Waals surface area contributed by atoms with Gasteiger partial charge in [0.05, 0.1) is 10.6 Å². The van der Waals surface area contributed by atoms with Crippen LogP contribution in [0.2, 0.25) is 5.02 Å². The van der Waals surface area contributed by atoms with Crippen LogP contribution in [-0.2, 0) is 33.3 Å². The van der Waals surface area contributed by atoms with Crippen molar-refractivity contribution in [2.24, 2.45) is 0 Å². The molecule has 266 valence electrons. The van der Waals surface area contributed by atoms with Crippen molar-refractivity contribution in [2.45, 2.75) is 62.9 Å². The van der Waals surface area contributed by atoms with E-state index in [1.807, 2.05) is 24.3 Å². The summed E-state index contributed by atoms with van der Waals surface area (Å²) in [5, 5.41) is 12.4. The molecule has 2 aromatic carbocycles. The van der Waals surface area contributed by atoms with Gasteiger partial charge in [0.15, 0.2) is 6.10 Å². The van der Waals surface area contributed by atoms with Gasteiger partial charge in [0, 0.05) is 83.2 Å². The number of rotatable bonds is 6. The van der Waals surface area contributed by atoms with E-state index >= 15 is 0 Å². The molecule has 4 amide bonds. The zero-order valence-electron chi connectivity index (χ0n) is 27.1. The molecule has 6 rings (SSSR count). The monoisotopic (exact) mass is 707 g/mol. The first kappa shape index (κ1) is 35.1. The molecule has 0 radical (unpaired) electrons. The molecule has 0 aliphatic carbocycles. The van der Waals surface area contributed by atoms with Gasteiger partial charge in [-0.1, -0.05) is 29.8 Å². The van der Waals surface area contributed by atoms with E-state index in [-0.39, 0.29) is 37.1 Å². The topological polar surface area (TPSA) is 115 Å². The highest BCUT2D eigenvalue weighted by Gasteiger charge is 2.38. The number of amides is 4. The number of para-hydroxylation sites is 1. The van der Waals surface area contributed by atoms with E-state index in [2.05, 4.69) is 10.2 Å². The lowest BCUT2D eigenvalue weighted by Gasteiger charge is -2.41. The first-order valence-electron chi connectivity index (χ1n) is 16.8. The molecule has 0 aromatic heterocycles. The van der Waals surface area contributed by atoms with Crippen molar-refractivity contribution < 1.29 is 42.1 Å². The van der Waals surface area contributed by atoms with Crippen LogP contribution in [0.25, 0.3) is 0 Å². The predicted molar refractivity (Wildman–Crippen MR) is 175 cm³/mol. The summed E-state index contributed by atoms with van der Waals surface area (Å²) in [7, 11) is 0. The summed E-state index contributed by atoms with van der Waals surface area (Å²) in [6.07, 6.45) is -3.93. The van der Waals surface area contributed by atoms with Gasteiger partial charge in [-0.2, -0.15) is 13.2 Å². The average molecular weight is 708 g/mol. The van der Waals surface area contributed by atoms with Crippen LogP contribution in [0.5, 0.6) is 5.75 Å². The van der Waals surface area contributed by atoms with Crippen molar-refractivity contribution in [2.75, 3.05) is 64.3 Å². The number of piperidine rings is 1. The van der Waals surface area contributed by atoms with Gasteiger partial charge in [0.25, 0.3) is 5.91 Å². The second-order valence-electron chi connectivity index (χ2n) is 13.0. The van der Waals surface area contributed by atoms with E-state index in [1.54, 1.807) is 9.80 Å². The highest BCUT2D eigenvalue weighted by Crippen LogP contribution is 2.40. The molecule has 2 N–H and O–H groups in total. The minimum atomic E-state index is -4.89. The number of nitrogens with one attached hydrogen (secondary N) is 1. The number of likely N-dealkylation sites (tertiary alicyclic amines) is 1. The Hall–Kier alpha value is -3.75. The summed E-state index contributed by atoms with van der Waals surface area (Å²) in [4.78, 5) is 47.6. The Morgan fingerprint density at radius 3 is 2.35 bits per heavy atom.